The van der Waals surface area contributed by atoms with Crippen LogP contribution in [0.5, 0.6) is 0 Å². The summed E-state index contributed by atoms with van der Waals surface area (Å²) in [4.78, 5) is 24.0. The number of alkyl carbamates (subject to hydrolysis) is 1. The summed E-state index contributed by atoms with van der Waals surface area (Å²) in [6, 6.07) is 16.5. The van der Waals surface area contributed by atoms with E-state index in [0.29, 0.717) is 79.0 Å². The quantitative estimate of drug-likeness (QED) is 0.0682. The predicted octanol–water partition coefficient (Wildman–Crippen LogP) is 7.07. The summed E-state index contributed by atoms with van der Waals surface area (Å²) >= 11 is 0. The van der Waals surface area contributed by atoms with E-state index in [9.17, 15) is 9.59 Å². The number of ether oxygens (including phenoxy) is 7. The third-order valence-corrected chi connectivity index (χ3v) is 8.32. The van der Waals surface area contributed by atoms with E-state index in [-0.39, 0.29) is 25.1 Å². The zero-order chi connectivity index (χ0) is 34.6. The van der Waals surface area contributed by atoms with Crippen molar-refractivity contribution in [3.05, 3.63) is 59.7 Å². The van der Waals surface area contributed by atoms with Gasteiger partial charge in [0.05, 0.1) is 66.1 Å². The fraction of sp³-hybridized carbons (Fsp3) is 0.641. The second-order valence-corrected chi connectivity index (χ2v) is 12.1. The van der Waals surface area contributed by atoms with Gasteiger partial charge in [-0.3, -0.25) is 4.79 Å². The number of nitrogens with one attached hydrogen (secondary N) is 1. The van der Waals surface area contributed by atoms with E-state index in [2.05, 4.69) is 36.5 Å². The maximum absolute atomic E-state index is 12.2. The number of carbonyl (C=O) groups excluding carboxylic acids is 2. The van der Waals surface area contributed by atoms with E-state index in [4.69, 9.17) is 33.2 Å². The summed E-state index contributed by atoms with van der Waals surface area (Å²) < 4.78 is 38.2. The van der Waals surface area contributed by atoms with Crippen LogP contribution in [0.2, 0.25) is 0 Å². The normalized spacial score (nSPS) is 12.1. The first-order chi connectivity index (χ1) is 24.2. The minimum atomic E-state index is -0.451. The molecular weight excluding hydrogens is 626 g/mol. The molecule has 1 N–H and O–H groups in total. The van der Waals surface area contributed by atoms with Gasteiger partial charge in [-0.25, -0.2) is 4.79 Å². The zero-order valence-electron chi connectivity index (χ0n) is 29.6. The molecule has 0 atom stereocenters. The van der Waals surface area contributed by atoms with Crippen LogP contribution in [0, 0.1) is 0 Å². The highest BCUT2D eigenvalue weighted by Gasteiger charge is 2.28. The van der Waals surface area contributed by atoms with Crippen LogP contribution in [0.3, 0.4) is 0 Å². The van der Waals surface area contributed by atoms with Gasteiger partial charge in [0.1, 0.15) is 13.2 Å². The van der Waals surface area contributed by atoms with Crippen LogP contribution < -0.4 is 5.32 Å². The molecule has 0 heterocycles. The van der Waals surface area contributed by atoms with Gasteiger partial charge in [-0.2, -0.15) is 0 Å². The lowest BCUT2D eigenvalue weighted by molar-refractivity contribution is -0.145. The van der Waals surface area contributed by atoms with E-state index < -0.39 is 6.09 Å². The highest BCUT2D eigenvalue weighted by molar-refractivity contribution is 5.79. The number of carbonyl (C=O) groups is 2. The SMILES string of the molecule is CCCCCCCCCCCC(=O)OCCOCCOCCOCCOCCOCCNC(=O)OCC1c2ccccc2-c2ccccc21. The molecule has 0 saturated carbocycles. The average molecular weight is 686 g/mol. The van der Waals surface area contributed by atoms with Crippen LogP contribution >= 0.6 is 0 Å². The molecule has 2 aromatic carbocycles. The van der Waals surface area contributed by atoms with Gasteiger partial charge in [-0.15, -0.1) is 0 Å². The molecule has 0 aromatic heterocycles. The number of esters is 1. The Morgan fingerprint density at radius 1 is 0.551 bits per heavy atom. The summed E-state index contributed by atoms with van der Waals surface area (Å²) in [5.74, 6) is -0.103. The number of unbranched alkanes of at least 4 members (excludes halogenated alkanes) is 8. The molecule has 0 fully saturated rings. The van der Waals surface area contributed by atoms with E-state index in [1.807, 2.05) is 24.3 Å². The third-order valence-electron chi connectivity index (χ3n) is 8.32. The minimum absolute atomic E-state index is 0.0389. The summed E-state index contributed by atoms with van der Waals surface area (Å²) in [7, 11) is 0. The zero-order valence-corrected chi connectivity index (χ0v) is 29.6. The number of rotatable bonds is 30. The molecule has 1 amide bonds. The highest BCUT2D eigenvalue weighted by Crippen LogP contribution is 2.44. The molecule has 0 saturated heterocycles. The molecule has 0 unspecified atom stereocenters. The Morgan fingerprint density at radius 2 is 1.00 bits per heavy atom. The molecule has 10 nitrogen and oxygen atoms in total. The average Bonchev–Trinajstić information content (AvgIpc) is 3.44. The first-order valence-electron chi connectivity index (χ1n) is 18.3. The minimum Gasteiger partial charge on any atom is -0.463 e. The van der Waals surface area contributed by atoms with Crippen LogP contribution in [0.4, 0.5) is 4.79 Å². The first kappa shape index (κ1) is 40.4. The van der Waals surface area contributed by atoms with Crippen molar-refractivity contribution >= 4 is 12.1 Å². The van der Waals surface area contributed by atoms with Gasteiger partial charge < -0.3 is 38.5 Å². The van der Waals surface area contributed by atoms with Crippen molar-refractivity contribution in [1.29, 1.82) is 0 Å². The van der Waals surface area contributed by atoms with Crippen molar-refractivity contribution in [2.45, 2.75) is 77.0 Å². The Morgan fingerprint density at radius 3 is 1.53 bits per heavy atom. The molecule has 0 aliphatic heterocycles. The maximum Gasteiger partial charge on any atom is 0.407 e. The lowest BCUT2D eigenvalue weighted by atomic mass is 9.98. The van der Waals surface area contributed by atoms with Crippen LogP contribution in [0.25, 0.3) is 11.1 Å². The molecule has 274 valence electrons. The van der Waals surface area contributed by atoms with E-state index in [1.54, 1.807) is 0 Å². The van der Waals surface area contributed by atoms with Crippen LogP contribution in [0.1, 0.15) is 88.2 Å². The van der Waals surface area contributed by atoms with Gasteiger partial charge in [0.15, 0.2) is 0 Å². The van der Waals surface area contributed by atoms with Gasteiger partial charge in [0.2, 0.25) is 0 Å². The third kappa shape index (κ3) is 17.5. The smallest absolute Gasteiger partial charge is 0.407 e. The second-order valence-electron chi connectivity index (χ2n) is 12.1. The Hall–Kier alpha value is -3.02. The van der Waals surface area contributed by atoms with Crippen molar-refractivity contribution in [2.24, 2.45) is 0 Å². The molecule has 1 aliphatic carbocycles. The molecule has 3 rings (SSSR count). The summed E-state index contributed by atoms with van der Waals surface area (Å²) in [5.41, 5.74) is 4.78. The topological polar surface area (TPSA) is 111 Å². The van der Waals surface area contributed by atoms with Gasteiger partial charge >= 0.3 is 12.1 Å². The standard InChI is InChI=1S/C39H59NO9/c1-2-3-4-5-6-7-8-9-10-19-38(41)48-31-30-47-29-28-46-27-26-45-25-24-44-23-22-43-21-20-40-39(42)49-32-37-35-17-13-11-15-33(35)34-16-12-14-18-36(34)37/h11-18,37H,2-10,19-32H2,1H3,(H,40,42). The highest BCUT2D eigenvalue weighted by atomic mass is 16.6. The van der Waals surface area contributed by atoms with Gasteiger partial charge in [-0.1, -0.05) is 107 Å². The fourth-order valence-electron chi connectivity index (χ4n) is 5.72. The Labute approximate surface area is 293 Å². The Kier molecular flexibility index (Phi) is 22.1. The fourth-order valence-corrected chi connectivity index (χ4v) is 5.72. The number of hydrogen-bond acceptors (Lipinski definition) is 9. The molecular formula is C39H59NO9. The first-order valence-corrected chi connectivity index (χ1v) is 18.3. The van der Waals surface area contributed by atoms with E-state index in [1.165, 1.54) is 67.2 Å². The molecule has 2 aromatic rings. The molecule has 10 heteroatoms. The van der Waals surface area contributed by atoms with Crippen molar-refractivity contribution in [3.63, 3.8) is 0 Å². The Bertz CT molecular complexity index is 1120. The largest absolute Gasteiger partial charge is 0.463 e. The number of hydrogen-bond donors (Lipinski definition) is 1. The lowest BCUT2D eigenvalue weighted by Gasteiger charge is -2.14. The van der Waals surface area contributed by atoms with Crippen LogP contribution in [-0.4, -0.2) is 97.9 Å². The Balaban J connectivity index is 1.00. The van der Waals surface area contributed by atoms with Crippen molar-refractivity contribution in [1.82, 2.24) is 5.32 Å². The van der Waals surface area contributed by atoms with E-state index >= 15 is 0 Å². The van der Waals surface area contributed by atoms with Gasteiger partial charge in [-0.05, 0) is 28.7 Å². The summed E-state index contributed by atoms with van der Waals surface area (Å²) in [5, 5.41) is 2.74. The van der Waals surface area contributed by atoms with Gasteiger partial charge in [0.25, 0.3) is 0 Å². The maximum atomic E-state index is 12.2. The molecule has 0 bridgehead atoms. The molecule has 0 radical (unpaired) electrons. The molecule has 49 heavy (non-hydrogen) atoms. The monoisotopic (exact) mass is 685 g/mol. The van der Waals surface area contributed by atoms with Crippen molar-refractivity contribution in [2.75, 3.05) is 85.8 Å². The van der Waals surface area contributed by atoms with Crippen molar-refractivity contribution < 1.29 is 42.7 Å². The second kappa shape index (κ2) is 26.8. The molecule has 1 aliphatic rings. The number of fused-ring (bicyclic) bond motifs is 3. The van der Waals surface area contributed by atoms with E-state index in [0.717, 1.165) is 12.8 Å². The van der Waals surface area contributed by atoms with Crippen LogP contribution in [0.15, 0.2) is 48.5 Å². The van der Waals surface area contributed by atoms with Gasteiger partial charge in [0, 0.05) is 18.9 Å². The lowest BCUT2D eigenvalue weighted by Crippen LogP contribution is -2.29. The molecule has 0 spiro atoms. The number of benzene rings is 2. The predicted molar refractivity (Wildman–Crippen MR) is 190 cm³/mol. The number of amides is 1. The van der Waals surface area contributed by atoms with Crippen LogP contribution in [-0.2, 0) is 38.0 Å². The summed E-state index contributed by atoms with van der Waals surface area (Å²) in [6.45, 7) is 7.54. The summed E-state index contributed by atoms with van der Waals surface area (Å²) in [6.07, 6.45) is 11.1. The van der Waals surface area contributed by atoms with Crippen molar-refractivity contribution in [3.8, 4) is 11.1 Å².